The maximum atomic E-state index is 12.1. The fourth-order valence-electron chi connectivity index (χ4n) is 2.51. The van der Waals surface area contributed by atoms with E-state index in [0.29, 0.717) is 11.4 Å². The Labute approximate surface area is 145 Å². The average molecular weight is 337 g/mol. The number of hydrogen-bond acceptors (Lipinski definition) is 3. The lowest BCUT2D eigenvalue weighted by Gasteiger charge is -2.12. The zero-order valence-electron chi connectivity index (χ0n) is 14.0. The summed E-state index contributed by atoms with van der Waals surface area (Å²) in [5.41, 5.74) is 2.99. The number of aromatic nitrogens is 1. The zero-order valence-corrected chi connectivity index (χ0v) is 14.0. The van der Waals surface area contributed by atoms with Crippen molar-refractivity contribution >= 4 is 34.1 Å². The van der Waals surface area contributed by atoms with Gasteiger partial charge < -0.3 is 20.4 Å². The van der Waals surface area contributed by atoms with E-state index in [1.54, 1.807) is 37.4 Å². The Morgan fingerprint density at radius 2 is 1.72 bits per heavy atom. The molecule has 0 saturated heterocycles. The predicted octanol–water partition coefficient (Wildman–Crippen LogP) is 3.45. The van der Waals surface area contributed by atoms with Gasteiger partial charge in [-0.25, -0.2) is 0 Å². The molecule has 1 aromatic heterocycles. The van der Waals surface area contributed by atoms with Crippen LogP contribution in [0, 0.1) is 0 Å². The van der Waals surface area contributed by atoms with E-state index in [-0.39, 0.29) is 6.10 Å². The van der Waals surface area contributed by atoms with Crippen LogP contribution in [-0.2, 0) is 14.3 Å². The van der Waals surface area contributed by atoms with Gasteiger partial charge in [-0.1, -0.05) is 12.1 Å². The predicted molar refractivity (Wildman–Crippen MR) is 97.4 cm³/mol. The topological polar surface area (TPSA) is 83.2 Å². The number of carbonyl (C=O) groups is 2. The molecule has 25 heavy (non-hydrogen) atoms. The number of nitrogens with one attached hydrogen (secondary N) is 3. The van der Waals surface area contributed by atoms with Gasteiger partial charge in [0.05, 0.1) is 6.10 Å². The first-order valence-corrected chi connectivity index (χ1v) is 7.89. The molecule has 0 aliphatic rings. The number of hydrogen-bond donors (Lipinski definition) is 3. The van der Waals surface area contributed by atoms with Crippen molar-refractivity contribution in [3.05, 3.63) is 60.3 Å². The normalized spacial score (nSPS) is 11.9. The number of H-pyrrole nitrogens is 1. The molecule has 128 valence electrons. The minimum Gasteiger partial charge on any atom is -0.377 e. The molecule has 2 aromatic carbocycles. The van der Waals surface area contributed by atoms with Crippen molar-refractivity contribution in [2.75, 3.05) is 17.7 Å². The summed E-state index contributed by atoms with van der Waals surface area (Å²) in [6.07, 6.45) is 1.72. The monoisotopic (exact) mass is 337 g/mol. The molecule has 6 heteroatoms. The molecule has 0 radical (unpaired) electrons. The van der Waals surface area contributed by atoms with Crippen molar-refractivity contribution < 1.29 is 14.3 Å². The molecule has 0 spiro atoms. The van der Waals surface area contributed by atoms with Crippen LogP contribution in [0.25, 0.3) is 10.9 Å². The van der Waals surface area contributed by atoms with Gasteiger partial charge in [0, 0.05) is 35.6 Å². The molecule has 2 amide bonds. The minimum absolute atomic E-state index is 0.0984. The van der Waals surface area contributed by atoms with E-state index in [1.165, 1.54) is 0 Å². The van der Waals surface area contributed by atoms with Crippen LogP contribution in [0.3, 0.4) is 0 Å². The van der Waals surface area contributed by atoms with E-state index in [4.69, 9.17) is 4.74 Å². The van der Waals surface area contributed by atoms with E-state index in [9.17, 15) is 9.59 Å². The Balaban J connectivity index is 1.67. The summed E-state index contributed by atoms with van der Waals surface area (Å²) in [4.78, 5) is 27.3. The third kappa shape index (κ3) is 3.87. The second kappa shape index (κ2) is 7.19. The Morgan fingerprint density at radius 1 is 1.00 bits per heavy atom. The van der Waals surface area contributed by atoms with Crippen molar-refractivity contribution in [2.45, 2.75) is 13.0 Å². The van der Waals surface area contributed by atoms with Gasteiger partial charge in [-0.15, -0.1) is 0 Å². The average Bonchev–Trinajstić information content (AvgIpc) is 3.09. The number of ether oxygens (including phenoxy) is 1. The smallest absolute Gasteiger partial charge is 0.314 e. The highest BCUT2D eigenvalue weighted by Crippen LogP contribution is 2.20. The molecule has 0 aliphatic carbocycles. The van der Waals surface area contributed by atoms with Gasteiger partial charge in [0.15, 0.2) is 0 Å². The van der Waals surface area contributed by atoms with Crippen LogP contribution in [0.15, 0.2) is 54.7 Å². The minimum atomic E-state index is -0.726. The van der Waals surface area contributed by atoms with Gasteiger partial charge in [-0.2, -0.15) is 0 Å². The number of methoxy groups -OCH3 is 1. The first-order chi connectivity index (χ1) is 12.1. The lowest BCUT2D eigenvalue weighted by molar-refractivity contribution is -0.132. The summed E-state index contributed by atoms with van der Waals surface area (Å²) in [7, 11) is 1.62. The lowest BCUT2D eigenvalue weighted by Crippen LogP contribution is -2.29. The first kappa shape index (κ1) is 16.7. The summed E-state index contributed by atoms with van der Waals surface area (Å²) in [5.74, 6) is -1.45. The van der Waals surface area contributed by atoms with Gasteiger partial charge in [-0.3, -0.25) is 9.59 Å². The van der Waals surface area contributed by atoms with Crippen LogP contribution < -0.4 is 10.6 Å². The molecule has 1 atom stereocenters. The highest BCUT2D eigenvalue weighted by molar-refractivity contribution is 6.43. The molecule has 3 aromatic rings. The number of carbonyl (C=O) groups excluding carboxylic acids is 2. The van der Waals surface area contributed by atoms with Crippen molar-refractivity contribution in [3.63, 3.8) is 0 Å². The molecule has 0 saturated carbocycles. The number of anilines is 2. The molecule has 0 aliphatic heterocycles. The Hall–Kier alpha value is -3.12. The first-order valence-electron chi connectivity index (χ1n) is 7.89. The third-order valence-corrected chi connectivity index (χ3v) is 3.98. The van der Waals surface area contributed by atoms with Gasteiger partial charge >= 0.3 is 11.8 Å². The standard InChI is InChI=1S/C19H19N3O3/c1-12(25-2)13-4-3-5-15(10-13)21-18(23)19(24)22-16-6-7-17-14(11-16)8-9-20-17/h3-12,20H,1-2H3,(H,21,23)(H,22,24). The van der Waals surface area contributed by atoms with Crippen molar-refractivity contribution in [2.24, 2.45) is 0 Å². The van der Waals surface area contributed by atoms with Crippen LogP contribution in [-0.4, -0.2) is 23.9 Å². The number of benzene rings is 2. The van der Waals surface area contributed by atoms with Crippen molar-refractivity contribution in [1.82, 2.24) is 4.98 Å². The Bertz CT molecular complexity index is 917. The van der Waals surface area contributed by atoms with Crippen LogP contribution >= 0.6 is 0 Å². The Kier molecular flexibility index (Phi) is 4.81. The molecular weight excluding hydrogens is 318 g/mol. The van der Waals surface area contributed by atoms with Crippen LogP contribution in [0.1, 0.15) is 18.6 Å². The van der Waals surface area contributed by atoms with Crippen LogP contribution in [0.4, 0.5) is 11.4 Å². The van der Waals surface area contributed by atoms with Crippen molar-refractivity contribution in [1.29, 1.82) is 0 Å². The largest absolute Gasteiger partial charge is 0.377 e. The molecule has 1 heterocycles. The van der Waals surface area contributed by atoms with E-state index in [0.717, 1.165) is 16.5 Å². The third-order valence-electron chi connectivity index (χ3n) is 3.98. The summed E-state index contributed by atoms with van der Waals surface area (Å²) >= 11 is 0. The van der Waals surface area contributed by atoms with E-state index >= 15 is 0 Å². The summed E-state index contributed by atoms with van der Waals surface area (Å²) < 4.78 is 5.26. The maximum absolute atomic E-state index is 12.1. The number of amides is 2. The fraction of sp³-hybridized carbons (Fsp3) is 0.158. The zero-order chi connectivity index (χ0) is 17.8. The van der Waals surface area contributed by atoms with E-state index in [2.05, 4.69) is 15.6 Å². The quantitative estimate of drug-likeness (QED) is 0.638. The number of rotatable bonds is 4. The molecule has 1 unspecified atom stereocenters. The van der Waals surface area contributed by atoms with Crippen LogP contribution in [0.2, 0.25) is 0 Å². The molecule has 3 N–H and O–H groups in total. The van der Waals surface area contributed by atoms with Crippen molar-refractivity contribution in [3.8, 4) is 0 Å². The summed E-state index contributed by atoms with van der Waals surface area (Å²) in [5, 5.41) is 6.16. The molecule has 3 rings (SSSR count). The highest BCUT2D eigenvalue weighted by atomic mass is 16.5. The SMILES string of the molecule is COC(C)c1cccc(NC(=O)C(=O)Nc2ccc3[nH]ccc3c2)c1. The van der Waals surface area contributed by atoms with E-state index < -0.39 is 11.8 Å². The highest BCUT2D eigenvalue weighted by Gasteiger charge is 2.15. The molecule has 0 bridgehead atoms. The van der Waals surface area contributed by atoms with Gasteiger partial charge in [0.25, 0.3) is 0 Å². The molecule has 6 nitrogen and oxygen atoms in total. The molecular formula is C19H19N3O3. The van der Waals surface area contributed by atoms with Gasteiger partial charge in [0.2, 0.25) is 0 Å². The van der Waals surface area contributed by atoms with Gasteiger partial charge in [-0.05, 0) is 48.9 Å². The van der Waals surface area contributed by atoms with Crippen LogP contribution in [0.5, 0.6) is 0 Å². The number of fused-ring (bicyclic) bond motifs is 1. The second-order valence-corrected chi connectivity index (χ2v) is 5.69. The maximum Gasteiger partial charge on any atom is 0.314 e. The fourth-order valence-corrected chi connectivity index (χ4v) is 2.51. The molecule has 0 fully saturated rings. The lowest BCUT2D eigenvalue weighted by atomic mass is 10.1. The van der Waals surface area contributed by atoms with Gasteiger partial charge in [0.1, 0.15) is 0 Å². The second-order valence-electron chi connectivity index (χ2n) is 5.69. The summed E-state index contributed by atoms with van der Waals surface area (Å²) in [6, 6.07) is 14.5. The number of aromatic amines is 1. The van der Waals surface area contributed by atoms with E-state index in [1.807, 2.05) is 31.3 Å². The Morgan fingerprint density at radius 3 is 2.44 bits per heavy atom. The summed E-state index contributed by atoms with van der Waals surface area (Å²) in [6.45, 7) is 1.91.